The Morgan fingerprint density at radius 3 is 2.30 bits per heavy atom. The molecule has 0 atom stereocenters. The van der Waals surface area contributed by atoms with Crippen molar-refractivity contribution < 1.29 is 4.92 Å². The molecule has 1 N–H and O–H groups in total. The zero-order chi connectivity index (χ0) is 15.6. The van der Waals surface area contributed by atoms with Crippen LogP contribution in [0.1, 0.15) is 52.2 Å². The van der Waals surface area contributed by atoms with Crippen LogP contribution in [-0.4, -0.2) is 10.5 Å². The number of benzene rings is 1. The summed E-state index contributed by atoms with van der Waals surface area (Å²) >= 11 is 0. The molecule has 0 radical (unpaired) electrons. The van der Waals surface area contributed by atoms with E-state index in [9.17, 15) is 10.1 Å². The predicted octanol–water partition coefficient (Wildman–Crippen LogP) is 4.21. The highest BCUT2D eigenvalue weighted by Gasteiger charge is 2.24. The first kappa shape index (κ1) is 16.6. The fraction of sp³-hybridized carbons (Fsp3) is 0.625. The van der Waals surface area contributed by atoms with Crippen LogP contribution in [0.15, 0.2) is 18.2 Å². The maximum atomic E-state index is 10.9. The molecule has 0 bridgehead atoms. The summed E-state index contributed by atoms with van der Waals surface area (Å²) in [5.74, 6) is 0. The van der Waals surface area contributed by atoms with Crippen LogP contribution in [0.4, 0.5) is 5.69 Å². The third-order valence-corrected chi connectivity index (χ3v) is 3.21. The summed E-state index contributed by atoms with van der Waals surface area (Å²) in [6.07, 6.45) is 1.04. The molecule has 4 nitrogen and oxygen atoms in total. The van der Waals surface area contributed by atoms with Gasteiger partial charge in [-0.25, -0.2) is 0 Å². The first-order valence-corrected chi connectivity index (χ1v) is 6.99. The van der Waals surface area contributed by atoms with Crippen LogP contribution in [0.3, 0.4) is 0 Å². The highest BCUT2D eigenvalue weighted by atomic mass is 16.6. The van der Waals surface area contributed by atoms with Crippen molar-refractivity contribution >= 4 is 5.69 Å². The maximum Gasteiger partial charge on any atom is 0.272 e. The summed E-state index contributed by atoms with van der Waals surface area (Å²) in [6.45, 7) is 13.4. The van der Waals surface area contributed by atoms with Crippen LogP contribution in [0, 0.1) is 22.5 Å². The Hall–Kier alpha value is -1.42. The van der Waals surface area contributed by atoms with Crippen molar-refractivity contribution in [2.75, 3.05) is 0 Å². The highest BCUT2D eigenvalue weighted by Crippen LogP contribution is 2.27. The second-order valence-corrected chi connectivity index (χ2v) is 7.35. The van der Waals surface area contributed by atoms with Gasteiger partial charge in [0.05, 0.1) is 4.92 Å². The van der Waals surface area contributed by atoms with E-state index in [0.29, 0.717) is 12.1 Å². The SMILES string of the molecule is Cc1ccc(CNC(C)(C)CC(C)(C)C)cc1[N+](=O)[O-]. The van der Waals surface area contributed by atoms with Crippen LogP contribution in [-0.2, 0) is 6.54 Å². The maximum absolute atomic E-state index is 10.9. The van der Waals surface area contributed by atoms with Crippen LogP contribution < -0.4 is 5.32 Å². The van der Waals surface area contributed by atoms with Crippen molar-refractivity contribution in [3.63, 3.8) is 0 Å². The van der Waals surface area contributed by atoms with E-state index in [1.807, 2.05) is 12.1 Å². The molecule has 0 aliphatic carbocycles. The number of aryl methyl sites for hydroxylation is 1. The topological polar surface area (TPSA) is 55.2 Å². The molecule has 4 heteroatoms. The van der Waals surface area contributed by atoms with Gasteiger partial charge in [0, 0.05) is 23.7 Å². The molecule has 112 valence electrons. The molecule has 0 saturated heterocycles. The second kappa shape index (κ2) is 5.92. The molecular weight excluding hydrogens is 252 g/mol. The van der Waals surface area contributed by atoms with Crippen LogP contribution in [0.25, 0.3) is 0 Å². The van der Waals surface area contributed by atoms with E-state index in [1.165, 1.54) is 0 Å². The van der Waals surface area contributed by atoms with Gasteiger partial charge >= 0.3 is 0 Å². The molecule has 1 aromatic rings. The van der Waals surface area contributed by atoms with E-state index in [-0.39, 0.29) is 21.6 Å². The lowest BCUT2D eigenvalue weighted by Gasteiger charge is -2.33. The summed E-state index contributed by atoms with van der Waals surface area (Å²) < 4.78 is 0. The molecule has 0 amide bonds. The molecule has 0 aliphatic rings. The molecule has 1 aromatic carbocycles. The molecule has 20 heavy (non-hydrogen) atoms. The van der Waals surface area contributed by atoms with Crippen LogP contribution in [0.5, 0.6) is 0 Å². The molecule has 0 heterocycles. The fourth-order valence-corrected chi connectivity index (χ4v) is 2.69. The summed E-state index contributed by atoms with van der Waals surface area (Å²) in [5.41, 5.74) is 2.09. The number of nitro groups is 1. The normalized spacial score (nSPS) is 12.5. The summed E-state index contributed by atoms with van der Waals surface area (Å²) in [7, 11) is 0. The first-order valence-electron chi connectivity index (χ1n) is 6.99. The number of rotatable bonds is 5. The lowest BCUT2D eigenvalue weighted by atomic mass is 9.82. The zero-order valence-corrected chi connectivity index (χ0v) is 13.4. The Morgan fingerprint density at radius 2 is 1.80 bits per heavy atom. The minimum Gasteiger partial charge on any atom is -0.308 e. The average molecular weight is 278 g/mol. The van der Waals surface area contributed by atoms with Crippen molar-refractivity contribution in [3.05, 3.63) is 39.4 Å². The Kier molecular flexibility index (Phi) is 4.92. The van der Waals surface area contributed by atoms with E-state index in [4.69, 9.17) is 0 Å². The third kappa shape index (κ3) is 5.29. The Labute approximate surface area is 121 Å². The number of hydrogen-bond acceptors (Lipinski definition) is 3. The number of nitrogens with zero attached hydrogens (tertiary/aromatic N) is 1. The Balaban J connectivity index is 2.75. The summed E-state index contributed by atoms with van der Waals surface area (Å²) in [6, 6.07) is 5.42. The van der Waals surface area contributed by atoms with Crippen molar-refractivity contribution in [2.24, 2.45) is 5.41 Å². The Bertz CT molecular complexity index is 488. The van der Waals surface area contributed by atoms with Crippen LogP contribution in [0.2, 0.25) is 0 Å². The van der Waals surface area contributed by atoms with Crippen LogP contribution >= 0.6 is 0 Å². The van der Waals surface area contributed by atoms with Gasteiger partial charge in [-0.1, -0.05) is 32.9 Å². The van der Waals surface area contributed by atoms with Crippen molar-refractivity contribution in [1.82, 2.24) is 5.32 Å². The molecule has 1 rings (SSSR count). The van der Waals surface area contributed by atoms with Gasteiger partial charge in [-0.3, -0.25) is 10.1 Å². The zero-order valence-electron chi connectivity index (χ0n) is 13.4. The monoisotopic (exact) mass is 278 g/mol. The molecule has 0 spiro atoms. The highest BCUT2D eigenvalue weighted by molar-refractivity contribution is 5.42. The second-order valence-electron chi connectivity index (χ2n) is 7.35. The lowest BCUT2D eigenvalue weighted by Crippen LogP contribution is -2.41. The van der Waals surface area contributed by atoms with Gasteiger partial charge < -0.3 is 5.32 Å². The summed E-state index contributed by atoms with van der Waals surface area (Å²) in [5, 5.41) is 14.4. The molecule has 0 aromatic heterocycles. The first-order chi connectivity index (χ1) is 9.00. The van der Waals surface area contributed by atoms with E-state index in [0.717, 1.165) is 12.0 Å². The van der Waals surface area contributed by atoms with E-state index >= 15 is 0 Å². The molecular formula is C16H26N2O2. The van der Waals surface area contributed by atoms with Gasteiger partial charge in [-0.05, 0) is 38.2 Å². The van der Waals surface area contributed by atoms with E-state index in [1.54, 1.807) is 13.0 Å². The Morgan fingerprint density at radius 1 is 1.20 bits per heavy atom. The van der Waals surface area contributed by atoms with Crippen molar-refractivity contribution in [3.8, 4) is 0 Å². The summed E-state index contributed by atoms with van der Waals surface area (Å²) in [4.78, 5) is 10.6. The van der Waals surface area contributed by atoms with Gasteiger partial charge in [0.1, 0.15) is 0 Å². The third-order valence-electron chi connectivity index (χ3n) is 3.21. The largest absolute Gasteiger partial charge is 0.308 e. The van der Waals surface area contributed by atoms with Gasteiger partial charge in [-0.15, -0.1) is 0 Å². The molecule has 0 saturated carbocycles. The van der Waals surface area contributed by atoms with Crippen molar-refractivity contribution in [1.29, 1.82) is 0 Å². The van der Waals surface area contributed by atoms with E-state index < -0.39 is 0 Å². The minimum atomic E-state index is -0.320. The molecule has 0 aliphatic heterocycles. The van der Waals surface area contributed by atoms with Crippen molar-refractivity contribution in [2.45, 2.75) is 60.0 Å². The standard InChI is InChI=1S/C16H26N2O2/c1-12-7-8-13(9-14(12)18(19)20)10-17-16(5,6)11-15(2,3)4/h7-9,17H,10-11H2,1-6H3. The van der Waals surface area contributed by atoms with Gasteiger partial charge in [0.25, 0.3) is 5.69 Å². The van der Waals surface area contributed by atoms with Gasteiger partial charge in [-0.2, -0.15) is 0 Å². The number of hydrogen-bond donors (Lipinski definition) is 1. The fourth-order valence-electron chi connectivity index (χ4n) is 2.69. The lowest BCUT2D eigenvalue weighted by molar-refractivity contribution is -0.385. The number of nitrogens with one attached hydrogen (secondary N) is 1. The predicted molar refractivity (Wildman–Crippen MR) is 82.8 cm³/mol. The quantitative estimate of drug-likeness (QED) is 0.648. The number of nitro benzene ring substituents is 1. The minimum absolute atomic E-state index is 0.00207. The smallest absolute Gasteiger partial charge is 0.272 e. The van der Waals surface area contributed by atoms with Gasteiger partial charge in [0.15, 0.2) is 0 Å². The average Bonchev–Trinajstić information content (AvgIpc) is 2.24. The van der Waals surface area contributed by atoms with Gasteiger partial charge in [0.2, 0.25) is 0 Å². The molecule has 0 unspecified atom stereocenters. The van der Waals surface area contributed by atoms with E-state index in [2.05, 4.69) is 39.9 Å². The molecule has 0 fully saturated rings.